The molecule has 2 heterocycles. The molecule has 7 heteroatoms. The summed E-state index contributed by atoms with van der Waals surface area (Å²) in [5.74, 6) is 1.58. The summed E-state index contributed by atoms with van der Waals surface area (Å²) >= 11 is 0. The van der Waals surface area contributed by atoms with Gasteiger partial charge >= 0.3 is 0 Å². The summed E-state index contributed by atoms with van der Waals surface area (Å²) in [5.41, 5.74) is 5.22. The summed E-state index contributed by atoms with van der Waals surface area (Å²) in [6, 6.07) is 27.4. The van der Waals surface area contributed by atoms with Crippen molar-refractivity contribution in [2.24, 2.45) is 0 Å². The molecule has 0 N–H and O–H groups in total. The van der Waals surface area contributed by atoms with Crippen LogP contribution in [0.4, 0.5) is 5.82 Å². The van der Waals surface area contributed by atoms with Gasteiger partial charge in [-0.1, -0.05) is 78.4 Å². The number of hydrogen-bond acceptors (Lipinski definition) is 5. The number of nitrogens with zero attached hydrogens (tertiary/aromatic N) is 4. The van der Waals surface area contributed by atoms with Gasteiger partial charge in [-0.2, -0.15) is 4.31 Å². The quantitative estimate of drug-likeness (QED) is 0.380. The first-order chi connectivity index (χ1) is 17.4. The van der Waals surface area contributed by atoms with Gasteiger partial charge in [-0.15, -0.1) is 0 Å². The molecule has 1 aliphatic heterocycles. The molecule has 0 aliphatic carbocycles. The monoisotopic (exact) mass is 498 g/mol. The standard InChI is InChI=1S/C29H30N4O2S/c1-22-13-15-26(16-14-22)36(34,35)33-19-17-32(18-20-33)29-27(21-24-9-5-3-6-10-24)23(2)30-28(31-29)25-11-7-4-8-12-25/h3-16H,17-21H2,1-2H3. The van der Waals surface area contributed by atoms with Crippen LogP contribution in [-0.4, -0.2) is 48.9 Å². The average molecular weight is 499 g/mol. The maximum atomic E-state index is 13.2. The van der Waals surface area contributed by atoms with Crippen LogP contribution in [0.5, 0.6) is 0 Å². The van der Waals surface area contributed by atoms with Crippen LogP contribution in [0.15, 0.2) is 89.8 Å². The highest BCUT2D eigenvalue weighted by Crippen LogP contribution is 2.29. The summed E-state index contributed by atoms with van der Waals surface area (Å²) in [6.07, 6.45) is 0.721. The molecule has 0 radical (unpaired) electrons. The molecule has 0 spiro atoms. The first-order valence-electron chi connectivity index (χ1n) is 12.2. The van der Waals surface area contributed by atoms with Gasteiger partial charge in [0.05, 0.1) is 4.90 Å². The second kappa shape index (κ2) is 10.2. The molecular weight excluding hydrogens is 468 g/mol. The predicted molar refractivity (Wildman–Crippen MR) is 144 cm³/mol. The lowest BCUT2D eigenvalue weighted by atomic mass is 10.0. The number of aromatic nitrogens is 2. The van der Waals surface area contributed by atoms with Crippen molar-refractivity contribution in [3.63, 3.8) is 0 Å². The van der Waals surface area contributed by atoms with Crippen molar-refractivity contribution < 1.29 is 8.42 Å². The van der Waals surface area contributed by atoms with Crippen LogP contribution in [0.25, 0.3) is 11.4 Å². The molecule has 6 nitrogen and oxygen atoms in total. The Bertz CT molecular complexity index is 1430. The fourth-order valence-corrected chi connectivity index (χ4v) is 5.99. The second-order valence-corrected chi connectivity index (χ2v) is 11.1. The van der Waals surface area contributed by atoms with Crippen molar-refractivity contribution in [2.45, 2.75) is 25.2 Å². The van der Waals surface area contributed by atoms with Gasteiger partial charge in [0.1, 0.15) is 5.82 Å². The summed E-state index contributed by atoms with van der Waals surface area (Å²) in [7, 11) is -3.53. The van der Waals surface area contributed by atoms with E-state index in [1.54, 1.807) is 16.4 Å². The van der Waals surface area contributed by atoms with E-state index >= 15 is 0 Å². The fourth-order valence-electron chi connectivity index (χ4n) is 4.57. The van der Waals surface area contributed by atoms with Crippen LogP contribution in [0.1, 0.15) is 22.4 Å². The second-order valence-electron chi connectivity index (χ2n) is 9.17. The maximum absolute atomic E-state index is 13.2. The Balaban J connectivity index is 1.45. The zero-order valence-electron chi connectivity index (χ0n) is 20.6. The maximum Gasteiger partial charge on any atom is 0.243 e. The number of aryl methyl sites for hydroxylation is 2. The molecule has 5 rings (SSSR count). The van der Waals surface area contributed by atoms with E-state index in [4.69, 9.17) is 9.97 Å². The molecular formula is C29H30N4O2S. The highest BCUT2D eigenvalue weighted by Gasteiger charge is 2.30. The lowest BCUT2D eigenvalue weighted by Crippen LogP contribution is -2.49. The Morgan fingerprint density at radius 1 is 0.750 bits per heavy atom. The SMILES string of the molecule is Cc1ccc(S(=O)(=O)N2CCN(c3nc(-c4ccccc4)nc(C)c3Cc3ccccc3)CC2)cc1. The Morgan fingerprint density at radius 3 is 2.00 bits per heavy atom. The van der Waals surface area contributed by atoms with Crippen LogP contribution in [0.2, 0.25) is 0 Å². The number of rotatable bonds is 6. The molecule has 1 fully saturated rings. The van der Waals surface area contributed by atoms with E-state index in [-0.39, 0.29) is 0 Å². The Hall–Kier alpha value is -3.55. The van der Waals surface area contributed by atoms with E-state index in [1.807, 2.05) is 74.5 Å². The zero-order valence-corrected chi connectivity index (χ0v) is 21.4. The largest absolute Gasteiger partial charge is 0.354 e. The van der Waals surface area contributed by atoms with Crippen LogP contribution >= 0.6 is 0 Å². The van der Waals surface area contributed by atoms with E-state index in [2.05, 4.69) is 17.0 Å². The van der Waals surface area contributed by atoms with Crippen LogP contribution in [-0.2, 0) is 16.4 Å². The minimum atomic E-state index is -3.53. The number of sulfonamides is 1. The van der Waals surface area contributed by atoms with E-state index in [9.17, 15) is 8.42 Å². The van der Waals surface area contributed by atoms with E-state index in [0.29, 0.717) is 36.9 Å². The summed E-state index contributed by atoms with van der Waals surface area (Å²) in [4.78, 5) is 12.4. The highest BCUT2D eigenvalue weighted by atomic mass is 32.2. The molecule has 0 saturated carbocycles. The van der Waals surface area contributed by atoms with E-state index < -0.39 is 10.0 Å². The van der Waals surface area contributed by atoms with Gasteiger partial charge in [-0.3, -0.25) is 0 Å². The Labute approximate surface area is 213 Å². The molecule has 184 valence electrons. The lowest BCUT2D eigenvalue weighted by molar-refractivity contribution is 0.383. The van der Waals surface area contributed by atoms with Crippen molar-refractivity contribution in [1.82, 2.24) is 14.3 Å². The minimum Gasteiger partial charge on any atom is -0.354 e. The van der Waals surface area contributed by atoms with Crippen molar-refractivity contribution in [2.75, 3.05) is 31.1 Å². The van der Waals surface area contributed by atoms with Gasteiger partial charge in [0.15, 0.2) is 5.82 Å². The summed E-state index contributed by atoms with van der Waals surface area (Å²) in [6.45, 7) is 5.94. The van der Waals surface area contributed by atoms with Crippen molar-refractivity contribution in [1.29, 1.82) is 0 Å². The number of anilines is 1. The van der Waals surface area contributed by atoms with Crippen LogP contribution in [0.3, 0.4) is 0 Å². The van der Waals surface area contributed by atoms with Gasteiger partial charge in [0, 0.05) is 49.4 Å². The smallest absolute Gasteiger partial charge is 0.243 e. The van der Waals surface area contributed by atoms with Gasteiger partial charge in [-0.05, 0) is 31.5 Å². The minimum absolute atomic E-state index is 0.343. The Kier molecular flexibility index (Phi) is 6.85. The van der Waals surface area contributed by atoms with Gasteiger partial charge in [-0.25, -0.2) is 18.4 Å². The number of benzene rings is 3. The van der Waals surface area contributed by atoms with Crippen molar-refractivity contribution >= 4 is 15.8 Å². The van der Waals surface area contributed by atoms with Gasteiger partial charge in [0.2, 0.25) is 10.0 Å². The predicted octanol–water partition coefficient (Wildman–Crippen LogP) is 4.86. The van der Waals surface area contributed by atoms with Crippen molar-refractivity contribution in [3.05, 3.63) is 107 Å². The molecule has 0 amide bonds. The lowest BCUT2D eigenvalue weighted by Gasteiger charge is -2.36. The molecule has 1 aliphatic rings. The van der Waals surface area contributed by atoms with Gasteiger partial charge in [0.25, 0.3) is 0 Å². The summed E-state index contributed by atoms with van der Waals surface area (Å²) < 4.78 is 28.0. The molecule has 4 aromatic rings. The molecule has 3 aromatic carbocycles. The zero-order chi connectivity index (χ0) is 25.1. The molecule has 36 heavy (non-hydrogen) atoms. The van der Waals surface area contributed by atoms with E-state index in [0.717, 1.165) is 34.6 Å². The normalized spacial score (nSPS) is 14.7. The van der Waals surface area contributed by atoms with E-state index in [1.165, 1.54) is 5.56 Å². The van der Waals surface area contributed by atoms with Crippen molar-refractivity contribution in [3.8, 4) is 11.4 Å². The number of hydrogen-bond donors (Lipinski definition) is 0. The molecule has 0 unspecified atom stereocenters. The molecule has 0 atom stereocenters. The third-order valence-electron chi connectivity index (χ3n) is 6.64. The molecule has 1 saturated heterocycles. The molecule has 1 aromatic heterocycles. The third kappa shape index (κ3) is 5.03. The van der Waals surface area contributed by atoms with Gasteiger partial charge < -0.3 is 4.90 Å². The Morgan fingerprint density at radius 2 is 1.36 bits per heavy atom. The first-order valence-corrected chi connectivity index (χ1v) is 13.6. The number of piperazine rings is 1. The topological polar surface area (TPSA) is 66.4 Å². The van der Waals surface area contributed by atoms with Crippen LogP contribution in [0, 0.1) is 13.8 Å². The van der Waals surface area contributed by atoms with Crippen LogP contribution < -0.4 is 4.90 Å². The molecule has 0 bridgehead atoms. The summed E-state index contributed by atoms with van der Waals surface area (Å²) in [5, 5.41) is 0. The highest BCUT2D eigenvalue weighted by molar-refractivity contribution is 7.89. The average Bonchev–Trinajstić information content (AvgIpc) is 2.91. The fraction of sp³-hybridized carbons (Fsp3) is 0.241. The third-order valence-corrected chi connectivity index (χ3v) is 8.56. The first kappa shape index (κ1) is 24.2.